The zero-order chi connectivity index (χ0) is 23.6. The van der Waals surface area contributed by atoms with Crippen LogP contribution in [0.1, 0.15) is 19.3 Å². The van der Waals surface area contributed by atoms with Crippen LogP contribution in [-0.4, -0.2) is 23.2 Å². The predicted octanol–water partition coefficient (Wildman–Crippen LogP) is 3.43. The molecule has 0 radical (unpaired) electrons. The van der Waals surface area contributed by atoms with Gasteiger partial charge in [0.2, 0.25) is 5.91 Å². The minimum Gasteiger partial charge on any atom is -0.388 e. The number of hydrogen-bond donors (Lipinski definition) is 5. The van der Waals surface area contributed by atoms with E-state index in [1.54, 1.807) is 36.4 Å². The highest BCUT2D eigenvalue weighted by Gasteiger charge is 2.45. The molecular formula is C24H23F2N5O2. The SMILES string of the molecule is N=C(N)CCCC1(Nc2ccc(F)cc2)C=C2C(=O)NC(=O)C2C=C1Nc1ccc(F)cc1. The third-order valence-corrected chi connectivity index (χ3v) is 5.68. The van der Waals surface area contributed by atoms with Crippen molar-refractivity contribution in [3.8, 4) is 0 Å². The molecule has 1 aliphatic heterocycles. The fourth-order valence-corrected chi connectivity index (χ4v) is 4.09. The zero-order valence-electron chi connectivity index (χ0n) is 17.6. The lowest BCUT2D eigenvalue weighted by Gasteiger charge is -2.39. The van der Waals surface area contributed by atoms with Gasteiger partial charge in [0.05, 0.1) is 17.3 Å². The highest BCUT2D eigenvalue weighted by Crippen LogP contribution is 2.39. The standard InChI is InChI=1S/C24H23F2N5O2/c25-14-3-7-16(8-4-14)29-20-12-18-19(23(33)30-22(18)32)13-24(20,11-1-2-21(27)28)31-17-9-5-15(26)6-10-17/h3-10,12-13,18,29,31H,1-2,11H2,(H3,27,28)(H,30,32,33). The number of carbonyl (C=O) groups is 2. The Kier molecular flexibility index (Phi) is 5.95. The van der Waals surface area contributed by atoms with E-state index < -0.39 is 34.9 Å². The van der Waals surface area contributed by atoms with Gasteiger partial charge in [-0.3, -0.25) is 20.3 Å². The topological polar surface area (TPSA) is 120 Å². The summed E-state index contributed by atoms with van der Waals surface area (Å²) in [5.74, 6) is -2.43. The number of fused-ring (bicyclic) bond motifs is 1. The first kappa shape index (κ1) is 22.2. The molecule has 2 amide bonds. The van der Waals surface area contributed by atoms with Crippen LogP contribution in [0.3, 0.4) is 0 Å². The van der Waals surface area contributed by atoms with E-state index in [9.17, 15) is 18.4 Å². The van der Waals surface area contributed by atoms with Gasteiger partial charge in [0.15, 0.2) is 0 Å². The molecule has 1 saturated heterocycles. The fourth-order valence-electron chi connectivity index (χ4n) is 4.09. The van der Waals surface area contributed by atoms with E-state index in [2.05, 4.69) is 16.0 Å². The molecule has 0 bridgehead atoms. The molecule has 2 atom stereocenters. The highest BCUT2D eigenvalue weighted by atomic mass is 19.1. The fraction of sp³-hybridized carbons (Fsp3) is 0.208. The van der Waals surface area contributed by atoms with E-state index in [1.807, 2.05) is 0 Å². The first-order chi connectivity index (χ1) is 15.8. The van der Waals surface area contributed by atoms with Crippen molar-refractivity contribution in [2.24, 2.45) is 11.7 Å². The monoisotopic (exact) mass is 451 g/mol. The number of halogens is 2. The molecule has 4 rings (SSSR count). The van der Waals surface area contributed by atoms with Crippen LogP contribution in [0.5, 0.6) is 0 Å². The van der Waals surface area contributed by atoms with Crippen LogP contribution < -0.4 is 21.7 Å². The van der Waals surface area contributed by atoms with Crippen LogP contribution in [0.15, 0.2) is 72.0 Å². The Labute approximate surface area is 189 Å². The number of nitrogens with two attached hydrogens (primary N) is 1. The molecule has 0 aromatic heterocycles. The second-order valence-electron chi connectivity index (χ2n) is 8.09. The van der Waals surface area contributed by atoms with Gasteiger partial charge < -0.3 is 16.4 Å². The quantitative estimate of drug-likeness (QED) is 0.239. The number of hydrogen-bond acceptors (Lipinski definition) is 5. The Morgan fingerprint density at radius 1 is 1.03 bits per heavy atom. The van der Waals surface area contributed by atoms with Crippen LogP contribution in [0.2, 0.25) is 0 Å². The first-order valence-electron chi connectivity index (χ1n) is 10.5. The summed E-state index contributed by atoms with van der Waals surface area (Å²) in [5.41, 5.74) is 6.60. The Balaban J connectivity index is 1.78. The minimum absolute atomic E-state index is 0.0269. The van der Waals surface area contributed by atoms with Gasteiger partial charge in [0, 0.05) is 29.1 Å². The number of amidine groups is 1. The van der Waals surface area contributed by atoms with Gasteiger partial charge in [-0.05, 0) is 73.5 Å². The number of carbonyl (C=O) groups excluding carboxylic acids is 2. The maximum Gasteiger partial charge on any atom is 0.254 e. The molecule has 2 aliphatic rings. The summed E-state index contributed by atoms with van der Waals surface area (Å²) in [6, 6.07) is 11.5. The number of nitrogens with one attached hydrogen (secondary N) is 4. The summed E-state index contributed by atoms with van der Waals surface area (Å²) in [4.78, 5) is 24.8. The molecule has 6 N–H and O–H groups in total. The van der Waals surface area contributed by atoms with Gasteiger partial charge in [0.25, 0.3) is 5.91 Å². The van der Waals surface area contributed by atoms with Crippen molar-refractivity contribution in [2.75, 3.05) is 10.6 Å². The van der Waals surface area contributed by atoms with Gasteiger partial charge >= 0.3 is 0 Å². The number of imide groups is 1. The first-order valence-corrected chi connectivity index (χ1v) is 10.5. The Morgan fingerprint density at radius 2 is 1.64 bits per heavy atom. The van der Waals surface area contributed by atoms with Gasteiger partial charge in [-0.2, -0.15) is 0 Å². The smallest absolute Gasteiger partial charge is 0.254 e. The summed E-state index contributed by atoms with van der Waals surface area (Å²) >= 11 is 0. The number of anilines is 2. The average Bonchev–Trinajstić information content (AvgIpc) is 3.04. The summed E-state index contributed by atoms with van der Waals surface area (Å²) in [7, 11) is 0. The Bertz CT molecular complexity index is 1160. The molecule has 1 aliphatic carbocycles. The van der Waals surface area contributed by atoms with Crippen molar-refractivity contribution in [2.45, 2.75) is 24.8 Å². The molecule has 1 heterocycles. The highest BCUT2D eigenvalue weighted by molar-refractivity contribution is 6.16. The molecule has 1 fully saturated rings. The molecule has 170 valence electrons. The minimum atomic E-state index is -1.00. The third kappa shape index (κ3) is 4.77. The molecule has 2 unspecified atom stereocenters. The number of rotatable bonds is 8. The van der Waals surface area contributed by atoms with Crippen molar-refractivity contribution in [3.05, 3.63) is 83.6 Å². The largest absolute Gasteiger partial charge is 0.388 e. The summed E-state index contributed by atoms with van der Waals surface area (Å²) < 4.78 is 26.9. The van der Waals surface area contributed by atoms with Crippen molar-refractivity contribution < 1.29 is 18.4 Å². The molecule has 7 nitrogen and oxygen atoms in total. The Hall–Kier alpha value is -4.01. The van der Waals surface area contributed by atoms with Crippen LogP contribution in [0.4, 0.5) is 20.2 Å². The molecular weight excluding hydrogens is 428 g/mol. The van der Waals surface area contributed by atoms with Gasteiger partial charge in [-0.1, -0.05) is 0 Å². The van der Waals surface area contributed by atoms with Crippen LogP contribution >= 0.6 is 0 Å². The molecule has 2 aromatic rings. The summed E-state index contributed by atoms with van der Waals surface area (Å²) in [6.07, 6.45) is 4.60. The van der Waals surface area contributed by atoms with Crippen LogP contribution in [-0.2, 0) is 9.59 Å². The van der Waals surface area contributed by atoms with Gasteiger partial charge in [-0.25, -0.2) is 8.78 Å². The third-order valence-electron chi connectivity index (χ3n) is 5.68. The summed E-state index contributed by atoms with van der Waals surface area (Å²) in [6.45, 7) is 0. The maximum absolute atomic E-state index is 13.5. The van der Waals surface area contributed by atoms with Crippen molar-refractivity contribution in [3.63, 3.8) is 0 Å². The lowest BCUT2D eigenvalue weighted by Crippen LogP contribution is -2.44. The second kappa shape index (κ2) is 8.85. The lowest BCUT2D eigenvalue weighted by molar-refractivity contribution is -0.125. The number of amides is 2. The lowest BCUT2D eigenvalue weighted by atomic mass is 9.78. The summed E-state index contributed by atoms with van der Waals surface area (Å²) in [5, 5.41) is 16.5. The van der Waals surface area contributed by atoms with E-state index in [1.165, 1.54) is 24.3 Å². The maximum atomic E-state index is 13.5. The van der Waals surface area contributed by atoms with E-state index in [-0.39, 0.29) is 5.84 Å². The van der Waals surface area contributed by atoms with E-state index >= 15 is 0 Å². The predicted molar refractivity (Wildman–Crippen MR) is 121 cm³/mol. The molecule has 33 heavy (non-hydrogen) atoms. The van der Waals surface area contributed by atoms with Crippen LogP contribution in [0.25, 0.3) is 0 Å². The second-order valence-corrected chi connectivity index (χ2v) is 8.09. The molecule has 0 spiro atoms. The van der Waals surface area contributed by atoms with Crippen molar-refractivity contribution in [1.29, 1.82) is 5.41 Å². The zero-order valence-corrected chi connectivity index (χ0v) is 17.6. The average molecular weight is 451 g/mol. The normalized spacial score (nSPS) is 21.6. The number of benzene rings is 2. The van der Waals surface area contributed by atoms with Crippen LogP contribution in [0, 0.1) is 23.0 Å². The van der Waals surface area contributed by atoms with E-state index in [0.717, 1.165) is 0 Å². The van der Waals surface area contributed by atoms with Crippen molar-refractivity contribution in [1.82, 2.24) is 5.32 Å². The van der Waals surface area contributed by atoms with Gasteiger partial charge in [0.1, 0.15) is 11.6 Å². The van der Waals surface area contributed by atoms with Crippen molar-refractivity contribution >= 4 is 29.0 Å². The van der Waals surface area contributed by atoms with Gasteiger partial charge in [-0.15, -0.1) is 0 Å². The molecule has 0 saturated carbocycles. The Morgan fingerprint density at radius 3 is 2.24 bits per heavy atom. The van der Waals surface area contributed by atoms with E-state index in [0.29, 0.717) is 41.9 Å². The molecule has 2 aromatic carbocycles. The van der Waals surface area contributed by atoms with E-state index in [4.69, 9.17) is 11.1 Å². The molecule has 9 heteroatoms.